The lowest BCUT2D eigenvalue weighted by Crippen LogP contribution is -2.43. The number of hydrogen-bond donors (Lipinski definition) is 2. The van der Waals surface area contributed by atoms with Crippen LogP contribution in [0.3, 0.4) is 0 Å². The number of rotatable bonds is 5. The fourth-order valence-electron chi connectivity index (χ4n) is 3.03. The molecular formula is C20H23N3O. The van der Waals surface area contributed by atoms with Crippen molar-refractivity contribution in [3.8, 4) is 0 Å². The molecule has 0 unspecified atom stereocenters. The SMILES string of the molecule is Cc1ccc(CNC(=N)[C@@H]2CCC(=O)N2Cc2ccccc2)cc1. The highest BCUT2D eigenvalue weighted by Gasteiger charge is 2.33. The van der Waals surface area contributed by atoms with Gasteiger partial charge in [0.1, 0.15) is 5.84 Å². The Balaban J connectivity index is 1.62. The van der Waals surface area contributed by atoms with Crippen molar-refractivity contribution in [3.63, 3.8) is 0 Å². The lowest BCUT2D eigenvalue weighted by Gasteiger charge is -2.26. The van der Waals surface area contributed by atoms with Gasteiger partial charge in [-0.15, -0.1) is 0 Å². The highest BCUT2D eigenvalue weighted by atomic mass is 16.2. The zero-order valence-electron chi connectivity index (χ0n) is 14.0. The Morgan fingerprint density at radius 1 is 1.12 bits per heavy atom. The molecule has 1 atom stereocenters. The van der Waals surface area contributed by atoms with Crippen LogP contribution in [0.25, 0.3) is 0 Å². The lowest BCUT2D eigenvalue weighted by atomic mass is 10.1. The van der Waals surface area contributed by atoms with Gasteiger partial charge in [-0.05, 0) is 24.5 Å². The maximum absolute atomic E-state index is 12.2. The maximum atomic E-state index is 12.2. The summed E-state index contributed by atoms with van der Waals surface area (Å²) in [6.45, 7) is 3.24. The highest BCUT2D eigenvalue weighted by molar-refractivity contribution is 5.92. The second kappa shape index (κ2) is 7.30. The summed E-state index contributed by atoms with van der Waals surface area (Å²) in [6, 6.07) is 18.1. The van der Waals surface area contributed by atoms with Crippen LogP contribution in [0.5, 0.6) is 0 Å². The quantitative estimate of drug-likeness (QED) is 0.656. The minimum atomic E-state index is -0.150. The number of nitrogens with one attached hydrogen (secondary N) is 2. The van der Waals surface area contributed by atoms with Gasteiger partial charge in [0, 0.05) is 19.5 Å². The van der Waals surface area contributed by atoms with E-state index in [4.69, 9.17) is 5.41 Å². The Labute approximate surface area is 143 Å². The zero-order valence-corrected chi connectivity index (χ0v) is 14.0. The molecule has 2 aromatic rings. The third-order valence-corrected chi connectivity index (χ3v) is 4.46. The number of carbonyl (C=O) groups excluding carboxylic acids is 1. The van der Waals surface area contributed by atoms with E-state index in [-0.39, 0.29) is 11.9 Å². The van der Waals surface area contributed by atoms with E-state index >= 15 is 0 Å². The van der Waals surface area contributed by atoms with Gasteiger partial charge < -0.3 is 10.2 Å². The predicted octanol–water partition coefficient (Wildman–Crippen LogP) is 3.25. The second-order valence-electron chi connectivity index (χ2n) is 6.31. The molecular weight excluding hydrogens is 298 g/mol. The summed E-state index contributed by atoms with van der Waals surface area (Å²) in [5, 5.41) is 11.5. The molecule has 1 aliphatic rings. The first kappa shape index (κ1) is 16.2. The molecule has 1 aliphatic heterocycles. The van der Waals surface area contributed by atoms with Gasteiger partial charge in [-0.2, -0.15) is 0 Å². The van der Waals surface area contributed by atoms with Crippen molar-refractivity contribution in [2.24, 2.45) is 0 Å². The van der Waals surface area contributed by atoms with Crippen LogP contribution in [-0.2, 0) is 17.9 Å². The molecule has 3 rings (SSSR count). The van der Waals surface area contributed by atoms with Crippen LogP contribution in [0.2, 0.25) is 0 Å². The smallest absolute Gasteiger partial charge is 0.223 e. The molecule has 4 heteroatoms. The average molecular weight is 321 g/mol. The van der Waals surface area contributed by atoms with Crippen LogP contribution in [0.4, 0.5) is 0 Å². The third kappa shape index (κ3) is 3.82. The van der Waals surface area contributed by atoms with Crippen molar-refractivity contribution in [1.82, 2.24) is 10.2 Å². The normalized spacial score (nSPS) is 17.1. The molecule has 0 radical (unpaired) electrons. The van der Waals surface area contributed by atoms with Crippen LogP contribution in [0.15, 0.2) is 54.6 Å². The summed E-state index contributed by atoms with van der Waals surface area (Å²) in [5.74, 6) is 0.558. The Morgan fingerprint density at radius 3 is 2.54 bits per heavy atom. The minimum absolute atomic E-state index is 0.130. The second-order valence-corrected chi connectivity index (χ2v) is 6.31. The molecule has 1 amide bonds. The van der Waals surface area contributed by atoms with Gasteiger partial charge in [0.05, 0.1) is 6.04 Å². The molecule has 0 spiro atoms. The Kier molecular flexibility index (Phi) is 4.94. The van der Waals surface area contributed by atoms with E-state index in [9.17, 15) is 4.79 Å². The first-order chi connectivity index (χ1) is 11.6. The van der Waals surface area contributed by atoms with Crippen molar-refractivity contribution < 1.29 is 4.79 Å². The van der Waals surface area contributed by atoms with Crippen molar-refractivity contribution in [1.29, 1.82) is 5.41 Å². The van der Waals surface area contributed by atoms with Crippen LogP contribution < -0.4 is 5.32 Å². The van der Waals surface area contributed by atoms with Gasteiger partial charge in [0.2, 0.25) is 5.91 Å². The zero-order chi connectivity index (χ0) is 16.9. The summed E-state index contributed by atoms with van der Waals surface area (Å²) in [4.78, 5) is 14.0. The van der Waals surface area contributed by atoms with Gasteiger partial charge in [-0.1, -0.05) is 60.2 Å². The fraction of sp³-hybridized carbons (Fsp3) is 0.300. The number of amides is 1. The predicted molar refractivity (Wildman–Crippen MR) is 95.8 cm³/mol. The number of amidine groups is 1. The van der Waals surface area contributed by atoms with E-state index in [0.29, 0.717) is 31.8 Å². The van der Waals surface area contributed by atoms with Crippen LogP contribution in [0.1, 0.15) is 29.5 Å². The summed E-state index contributed by atoms with van der Waals surface area (Å²) >= 11 is 0. The van der Waals surface area contributed by atoms with Gasteiger partial charge >= 0.3 is 0 Å². The van der Waals surface area contributed by atoms with Crippen molar-refractivity contribution in [3.05, 3.63) is 71.3 Å². The Hall–Kier alpha value is -2.62. The number of likely N-dealkylation sites (tertiary alicyclic amines) is 1. The van der Waals surface area contributed by atoms with Gasteiger partial charge in [0.25, 0.3) is 0 Å². The monoisotopic (exact) mass is 321 g/mol. The Morgan fingerprint density at radius 2 is 1.83 bits per heavy atom. The lowest BCUT2D eigenvalue weighted by molar-refractivity contribution is -0.128. The number of carbonyl (C=O) groups is 1. The van der Waals surface area contributed by atoms with E-state index in [0.717, 1.165) is 11.1 Å². The van der Waals surface area contributed by atoms with Crippen LogP contribution >= 0.6 is 0 Å². The van der Waals surface area contributed by atoms with E-state index < -0.39 is 0 Å². The van der Waals surface area contributed by atoms with E-state index in [2.05, 4.69) is 36.5 Å². The number of aryl methyl sites for hydroxylation is 1. The number of benzene rings is 2. The largest absolute Gasteiger partial charge is 0.368 e. The van der Waals surface area contributed by atoms with Crippen LogP contribution in [0, 0.1) is 12.3 Å². The third-order valence-electron chi connectivity index (χ3n) is 4.46. The molecule has 0 aromatic heterocycles. The van der Waals surface area contributed by atoms with Crippen molar-refractivity contribution in [2.45, 2.75) is 38.9 Å². The molecule has 24 heavy (non-hydrogen) atoms. The summed E-state index contributed by atoms with van der Waals surface area (Å²) in [7, 11) is 0. The molecule has 1 heterocycles. The molecule has 124 valence electrons. The number of nitrogens with zero attached hydrogens (tertiary/aromatic N) is 1. The summed E-state index contributed by atoms with van der Waals surface area (Å²) in [6.07, 6.45) is 1.23. The molecule has 0 saturated carbocycles. The minimum Gasteiger partial charge on any atom is -0.368 e. The average Bonchev–Trinajstić information content (AvgIpc) is 2.96. The first-order valence-electron chi connectivity index (χ1n) is 8.35. The van der Waals surface area contributed by atoms with E-state index in [1.165, 1.54) is 5.56 Å². The number of hydrogen-bond acceptors (Lipinski definition) is 2. The van der Waals surface area contributed by atoms with E-state index in [1.54, 1.807) is 0 Å². The molecule has 1 saturated heterocycles. The summed E-state index contributed by atoms with van der Waals surface area (Å²) in [5.41, 5.74) is 3.47. The first-order valence-corrected chi connectivity index (χ1v) is 8.35. The van der Waals surface area contributed by atoms with Crippen LogP contribution in [-0.4, -0.2) is 22.7 Å². The molecule has 2 N–H and O–H groups in total. The van der Waals surface area contributed by atoms with Gasteiger partial charge in [-0.3, -0.25) is 10.2 Å². The summed E-state index contributed by atoms with van der Waals surface area (Å²) < 4.78 is 0. The molecule has 0 aliphatic carbocycles. The molecule has 1 fully saturated rings. The van der Waals surface area contributed by atoms with Crippen molar-refractivity contribution >= 4 is 11.7 Å². The van der Waals surface area contributed by atoms with E-state index in [1.807, 2.05) is 35.2 Å². The maximum Gasteiger partial charge on any atom is 0.223 e. The molecule has 0 bridgehead atoms. The molecule has 2 aromatic carbocycles. The van der Waals surface area contributed by atoms with Gasteiger partial charge in [0.15, 0.2) is 0 Å². The highest BCUT2D eigenvalue weighted by Crippen LogP contribution is 2.22. The topological polar surface area (TPSA) is 56.2 Å². The van der Waals surface area contributed by atoms with Gasteiger partial charge in [-0.25, -0.2) is 0 Å². The van der Waals surface area contributed by atoms with Crippen molar-refractivity contribution in [2.75, 3.05) is 0 Å². The standard InChI is InChI=1S/C20H23N3O/c1-15-7-9-16(10-8-15)13-22-20(21)18-11-12-19(24)23(18)14-17-5-3-2-4-6-17/h2-10,18H,11-14H2,1H3,(H2,21,22)/t18-/m0/s1. The molecule has 4 nitrogen and oxygen atoms in total. The Bertz CT molecular complexity index is 709. The fourth-order valence-corrected chi connectivity index (χ4v) is 3.03.